The summed E-state index contributed by atoms with van der Waals surface area (Å²) in [5, 5.41) is 2.50. The van der Waals surface area contributed by atoms with Crippen LogP contribution in [0, 0.1) is 5.82 Å². The molecule has 9 heteroatoms. The van der Waals surface area contributed by atoms with Gasteiger partial charge in [0.05, 0.1) is 30.8 Å². The Hall–Kier alpha value is -2.65. The molecule has 2 aromatic carbocycles. The molecule has 1 amide bonds. The van der Waals surface area contributed by atoms with Crippen molar-refractivity contribution in [3.8, 4) is 11.5 Å². The number of ether oxygens (including phenoxy) is 2. The smallest absolute Gasteiger partial charge is 0.242 e. The van der Waals surface area contributed by atoms with Crippen molar-refractivity contribution in [2.24, 2.45) is 0 Å². The number of benzene rings is 2. The highest BCUT2D eigenvalue weighted by molar-refractivity contribution is 7.89. The lowest BCUT2D eigenvalue weighted by Crippen LogP contribution is -2.41. The molecule has 0 spiro atoms. The summed E-state index contributed by atoms with van der Waals surface area (Å²) in [6.07, 6.45) is 0. The van der Waals surface area contributed by atoms with Crippen LogP contribution < -0.4 is 19.5 Å². The highest BCUT2D eigenvalue weighted by Gasteiger charge is 2.23. The van der Waals surface area contributed by atoms with E-state index in [1.165, 1.54) is 51.5 Å². The molecule has 0 radical (unpaired) electrons. The molecule has 0 fully saturated rings. The topological polar surface area (TPSA) is 93.7 Å². The number of rotatable bonds is 7. The van der Waals surface area contributed by atoms with E-state index in [2.05, 4.69) is 10.0 Å². The molecular formula is C17H19FN2O5S. The zero-order chi connectivity index (χ0) is 19.3. The van der Waals surface area contributed by atoms with Gasteiger partial charge in [-0.2, -0.15) is 4.72 Å². The van der Waals surface area contributed by atoms with Crippen LogP contribution in [0.15, 0.2) is 47.4 Å². The van der Waals surface area contributed by atoms with Gasteiger partial charge in [-0.1, -0.05) is 0 Å². The van der Waals surface area contributed by atoms with Crippen LogP contribution in [0.3, 0.4) is 0 Å². The first kappa shape index (κ1) is 19.7. The molecule has 0 saturated carbocycles. The molecule has 0 heterocycles. The second-order valence-corrected chi connectivity index (χ2v) is 7.07. The molecular weight excluding hydrogens is 363 g/mol. The fraction of sp³-hybridized carbons (Fsp3) is 0.235. The van der Waals surface area contributed by atoms with Gasteiger partial charge in [-0.05, 0) is 43.3 Å². The Balaban J connectivity index is 2.10. The van der Waals surface area contributed by atoms with E-state index >= 15 is 0 Å². The van der Waals surface area contributed by atoms with Crippen molar-refractivity contribution in [3.05, 3.63) is 48.3 Å². The Bertz CT molecular complexity index is 885. The molecule has 0 bridgehead atoms. The molecule has 2 aromatic rings. The van der Waals surface area contributed by atoms with E-state index in [0.717, 1.165) is 12.1 Å². The van der Waals surface area contributed by atoms with E-state index in [4.69, 9.17) is 9.47 Å². The van der Waals surface area contributed by atoms with Gasteiger partial charge in [0.1, 0.15) is 17.3 Å². The van der Waals surface area contributed by atoms with Crippen molar-refractivity contribution in [2.45, 2.75) is 17.9 Å². The maximum Gasteiger partial charge on any atom is 0.242 e. The molecule has 0 aliphatic heterocycles. The van der Waals surface area contributed by atoms with Crippen LogP contribution in [0.4, 0.5) is 10.1 Å². The van der Waals surface area contributed by atoms with Crippen molar-refractivity contribution in [1.29, 1.82) is 0 Å². The summed E-state index contributed by atoms with van der Waals surface area (Å²) < 4.78 is 50.2. The fourth-order valence-corrected chi connectivity index (χ4v) is 3.32. The predicted molar refractivity (Wildman–Crippen MR) is 94.4 cm³/mol. The molecule has 2 N–H and O–H groups in total. The Morgan fingerprint density at radius 1 is 1.08 bits per heavy atom. The fourth-order valence-electron chi connectivity index (χ4n) is 2.12. The second-order valence-electron chi connectivity index (χ2n) is 5.35. The van der Waals surface area contributed by atoms with E-state index in [1.807, 2.05) is 0 Å². The van der Waals surface area contributed by atoms with Gasteiger partial charge in [0.25, 0.3) is 0 Å². The average Bonchev–Trinajstić information content (AvgIpc) is 2.62. The summed E-state index contributed by atoms with van der Waals surface area (Å²) in [5.74, 6) is -0.498. The minimum Gasteiger partial charge on any atom is -0.497 e. The van der Waals surface area contributed by atoms with Crippen LogP contribution in [0.5, 0.6) is 11.5 Å². The first-order chi connectivity index (χ1) is 12.3. The second kappa shape index (κ2) is 8.15. The number of anilines is 1. The van der Waals surface area contributed by atoms with Crippen molar-refractivity contribution >= 4 is 21.6 Å². The van der Waals surface area contributed by atoms with Crippen molar-refractivity contribution < 1.29 is 27.1 Å². The van der Waals surface area contributed by atoms with Crippen molar-refractivity contribution in [3.63, 3.8) is 0 Å². The average molecular weight is 382 g/mol. The maximum absolute atomic E-state index is 13.2. The number of carbonyl (C=O) groups excluding carboxylic acids is 1. The number of amides is 1. The molecule has 0 aliphatic carbocycles. The van der Waals surface area contributed by atoms with Crippen LogP contribution in [-0.4, -0.2) is 34.6 Å². The third kappa shape index (κ3) is 4.70. The lowest BCUT2D eigenvalue weighted by Gasteiger charge is -2.16. The van der Waals surface area contributed by atoms with Crippen LogP contribution >= 0.6 is 0 Å². The van der Waals surface area contributed by atoms with Crippen LogP contribution in [0.1, 0.15) is 6.92 Å². The summed E-state index contributed by atoms with van der Waals surface area (Å²) in [5.41, 5.74) is 0.231. The number of hydrogen-bond acceptors (Lipinski definition) is 5. The van der Waals surface area contributed by atoms with Crippen molar-refractivity contribution in [1.82, 2.24) is 4.72 Å². The molecule has 0 saturated heterocycles. The Morgan fingerprint density at radius 3 is 2.31 bits per heavy atom. The number of halogens is 1. The van der Waals surface area contributed by atoms with Crippen LogP contribution in [-0.2, 0) is 14.8 Å². The molecule has 1 atom stereocenters. The number of hydrogen-bond donors (Lipinski definition) is 2. The predicted octanol–water partition coefficient (Wildman–Crippen LogP) is 2.15. The lowest BCUT2D eigenvalue weighted by atomic mass is 10.2. The first-order valence-electron chi connectivity index (χ1n) is 7.57. The Morgan fingerprint density at radius 2 is 1.73 bits per heavy atom. The molecule has 2 rings (SSSR count). The van der Waals surface area contributed by atoms with Gasteiger partial charge in [0.15, 0.2) is 0 Å². The zero-order valence-corrected chi connectivity index (χ0v) is 15.3. The summed E-state index contributed by atoms with van der Waals surface area (Å²) >= 11 is 0. The number of carbonyl (C=O) groups is 1. The third-order valence-electron chi connectivity index (χ3n) is 3.52. The van der Waals surface area contributed by atoms with Gasteiger partial charge < -0.3 is 14.8 Å². The minimum atomic E-state index is -3.90. The third-order valence-corrected chi connectivity index (χ3v) is 5.07. The number of methoxy groups -OCH3 is 2. The highest BCUT2D eigenvalue weighted by Crippen LogP contribution is 2.25. The van der Waals surface area contributed by atoms with Crippen LogP contribution in [0.2, 0.25) is 0 Å². The molecule has 0 aliphatic rings. The molecule has 140 valence electrons. The van der Waals surface area contributed by atoms with E-state index in [1.54, 1.807) is 0 Å². The molecule has 7 nitrogen and oxygen atoms in total. The first-order valence-corrected chi connectivity index (χ1v) is 9.06. The van der Waals surface area contributed by atoms with Gasteiger partial charge >= 0.3 is 0 Å². The van der Waals surface area contributed by atoms with Gasteiger partial charge in [0.2, 0.25) is 15.9 Å². The number of nitrogens with one attached hydrogen (secondary N) is 2. The largest absolute Gasteiger partial charge is 0.497 e. The monoisotopic (exact) mass is 382 g/mol. The summed E-state index contributed by atoms with van der Waals surface area (Å²) in [6, 6.07) is 8.27. The quantitative estimate of drug-likeness (QED) is 0.765. The maximum atomic E-state index is 13.2. The molecule has 0 aromatic heterocycles. The summed E-state index contributed by atoms with van der Waals surface area (Å²) in [6.45, 7) is 1.40. The number of sulfonamides is 1. The molecule has 26 heavy (non-hydrogen) atoms. The normalized spacial score (nSPS) is 12.3. The van der Waals surface area contributed by atoms with Gasteiger partial charge in [-0.15, -0.1) is 0 Å². The summed E-state index contributed by atoms with van der Waals surface area (Å²) in [4.78, 5) is 12.3. The van der Waals surface area contributed by atoms with Crippen molar-refractivity contribution in [2.75, 3.05) is 19.5 Å². The van der Waals surface area contributed by atoms with E-state index in [9.17, 15) is 17.6 Å². The SMILES string of the molecule is COc1ccc(S(=O)(=O)N[C@@H](C)C(=O)Nc2ccc(F)cc2OC)cc1. The zero-order valence-electron chi connectivity index (χ0n) is 14.4. The summed E-state index contributed by atoms with van der Waals surface area (Å²) in [7, 11) is -1.10. The van der Waals surface area contributed by atoms with Gasteiger partial charge in [0, 0.05) is 6.07 Å². The highest BCUT2D eigenvalue weighted by atomic mass is 32.2. The standard InChI is InChI=1S/C17H19FN2O5S/c1-11(17(21)19-15-9-4-12(18)10-16(15)25-3)20-26(22,23)14-7-5-13(24-2)6-8-14/h4-11,20H,1-3H3,(H,19,21)/t11-/m0/s1. The van der Waals surface area contributed by atoms with E-state index < -0.39 is 27.8 Å². The molecule has 0 unspecified atom stereocenters. The van der Waals surface area contributed by atoms with E-state index in [0.29, 0.717) is 5.75 Å². The Labute approximate surface area is 151 Å². The lowest BCUT2D eigenvalue weighted by molar-refractivity contribution is -0.117. The van der Waals surface area contributed by atoms with Gasteiger partial charge in [-0.25, -0.2) is 12.8 Å². The van der Waals surface area contributed by atoms with E-state index in [-0.39, 0.29) is 16.3 Å². The van der Waals surface area contributed by atoms with Gasteiger partial charge in [-0.3, -0.25) is 4.79 Å². The van der Waals surface area contributed by atoms with Crippen LogP contribution in [0.25, 0.3) is 0 Å². The Kier molecular flexibility index (Phi) is 6.17. The minimum absolute atomic E-state index is 0.00249.